The van der Waals surface area contributed by atoms with E-state index in [-0.39, 0.29) is 11.7 Å². The van der Waals surface area contributed by atoms with Gasteiger partial charge in [-0.25, -0.2) is 9.37 Å². The first kappa shape index (κ1) is 21.2. The number of amides is 1. The normalized spacial score (nSPS) is 14.0. The van der Waals surface area contributed by atoms with Gasteiger partial charge in [0.05, 0.1) is 24.2 Å². The number of pyridine rings is 1. The number of para-hydroxylation sites is 1. The topological polar surface area (TPSA) is 71.7 Å². The van der Waals surface area contributed by atoms with Crippen LogP contribution in [0.25, 0.3) is 21.5 Å². The Morgan fingerprint density at radius 3 is 2.45 bits per heavy atom. The van der Waals surface area contributed by atoms with Crippen LogP contribution in [-0.4, -0.2) is 49.1 Å². The highest BCUT2D eigenvalue weighted by Crippen LogP contribution is 2.35. The molecule has 168 valence electrons. The fraction of sp³-hybridized carbons (Fsp3) is 0.200. The number of thiophene rings is 1. The maximum atomic E-state index is 14.1. The van der Waals surface area contributed by atoms with Gasteiger partial charge in [0.2, 0.25) is 0 Å². The quantitative estimate of drug-likeness (QED) is 0.478. The van der Waals surface area contributed by atoms with Crippen LogP contribution in [0.2, 0.25) is 0 Å². The SMILES string of the molecule is COc1ccc(-c2ccc3c(N)c(C(=O)N4CCN(c5ccccc5F)CC4)sc3n2)cc1. The Balaban J connectivity index is 1.35. The van der Waals surface area contributed by atoms with Crippen LogP contribution >= 0.6 is 11.3 Å². The first-order valence-corrected chi connectivity index (χ1v) is 11.5. The van der Waals surface area contributed by atoms with Gasteiger partial charge in [-0.2, -0.15) is 0 Å². The second-order valence-corrected chi connectivity index (χ2v) is 8.85. The Kier molecular flexibility index (Phi) is 5.60. The highest BCUT2D eigenvalue weighted by atomic mass is 32.1. The molecule has 5 rings (SSSR count). The molecule has 2 N–H and O–H groups in total. The van der Waals surface area contributed by atoms with Crippen molar-refractivity contribution in [2.24, 2.45) is 0 Å². The number of carbonyl (C=O) groups is 1. The predicted octanol–water partition coefficient (Wildman–Crippen LogP) is 4.66. The maximum absolute atomic E-state index is 14.1. The first-order valence-electron chi connectivity index (χ1n) is 10.7. The van der Waals surface area contributed by atoms with E-state index >= 15 is 0 Å². The van der Waals surface area contributed by atoms with Gasteiger partial charge in [-0.3, -0.25) is 4.79 Å². The minimum Gasteiger partial charge on any atom is -0.497 e. The second-order valence-electron chi connectivity index (χ2n) is 7.85. The minimum absolute atomic E-state index is 0.102. The van der Waals surface area contributed by atoms with Gasteiger partial charge in [-0.05, 0) is 48.5 Å². The van der Waals surface area contributed by atoms with E-state index in [2.05, 4.69) is 0 Å². The van der Waals surface area contributed by atoms with E-state index in [0.29, 0.717) is 42.4 Å². The van der Waals surface area contributed by atoms with Crippen LogP contribution in [0.3, 0.4) is 0 Å². The Hall–Kier alpha value is -3.65. The Morgan fingerprint density at radius 1 is 1.03 bits per heavy atom. The van der Waals surface area contributed by atoms with Gasteiger partial charge < -0.3 is 20.3 Å². The molecule has 1 aliphatic rings. The third kappa shape index (κ3) is 3.98. The molecule has 4 aromatic rings. The van der Waals surface area contributed by atoms with Gasteiger partial charge in [0, 0.05) is 37.1 Å². The van der Waals surface area contributed by atoms with E-state index in [9.17, 15) is 9.18 Å². The van der Waals surface area contributed by atoms with Gasteiger partial charge in [-0.1, -0.05) is 12.1 Å². The molecule has 0 atom stereocenters. The third-order valence-corrected chi connectivity index (χ3v) is 7.04. The van der Waals surface area contributed by atoms with Gasteiger partial charge in [0.15, 0.2) is 0 Å². The number of ether oxygens (including phenoxy) is 1. The van der Waals surface area contributed by atoms with E-state index in [1.165, 1.54) is 17.4 Å². The number of nitrogens with zero attached hydrogens (tertiary/aromatic N) is 3. The summed E-state index contributed by atoms with van der Waals surface area (Å²) >= 11 is 1.32. The Labute approximate surface area is 195 Å². The zero-order valence-corrected chi connectivity index (χ0v) is 18.9. The maximum Gasteiger partial charge on any atom is 0.266 e. The predicted molar refractivity (Wildman–Crippen MR) is 131 cm³/mol. The van der Waals surface area contributed by atoms with Crippen LogP contribution in [0.5, 0.6) is 5.75 Å². The number of carbonyl (C=O) groups excluding carboxylic acids is 1. The highest BCUT2D eigenvalue weighted by Gasteiger charge is 2.27. The van der Waals surface area contributed by atoms with Crippen LogP contribution < -0.4 is 15.4 Å². The number of fused-ring (bicyclic) bond motifs is 1. The lowest BCUT2D eigenvalue weighted by atomic mass is 10.1. The molecule has 1 saturated heterocycles. The molecule has 3 heterocycles. The fourth-order valence-corrected chi connectivity index (χ4v) is 5.14. The molecular formula is C25H23FN4O2S. The summed E-state index contributed by atoms with van der Waals surface area (Å²) in [5.41, 5.74) is 9.16. The minimum atomic E-state index is -0.246. The monoisotopic (exact) mass is 462 g/mol. The molecule has 0 unspecified atom stereocenters. The van der Waals surface area contributed by atoms with Crippen molar-refractivity contribution in [1.29, 1.82) is 0 Å². The molecule has 8 heteroatoms. The van der Waals surface area contributed by atoms with Gasteiger partial charge in [0.25, 0.3) is 5.91 Å². The van der Waals surface area contributed by atoms with Gasteiger partial charge in [0.1, 0.15) is 21.3 Å². The number of hydrogen-bond donors (Lipinski definition) is 1. The lowest BCUT2D eigenvalue weighted by Gasteiger charge is -2.36. The summed E-state index contributed by atoms with van der Waals surface area (Å²) in [7, 11) is 1.63. The van der Waals surface area contributed by atoms with Crippen molar-refractivity contribution in [3.05, 3.63) is 71.4 Å². The molecule has 0 saturated carbocycles. The molecular weight excluding hydrogens is 439 g/mol. The van der Waals surface area contributed by atoms with Crippen molar-refractivity contribution in [3.63, 3.8) is 0 Å². The zero-order valence-electron chi connectivity index (χ0n) is 18.1. The number of nitrogens with two attached hydrogens (primary N) is 1. The molecule has 0 aliphatic carbocycles. The van der Waals surface area contributed by atoms with Crippen molar-refractivity contribution in [2.45, 2.75) is 0 Å². The molecule has 2 aromatic heterocycles. The largest absolute Gasteiger partial charge is 0.497 e. The van der Waals surface area contributed by atoms with Gasteiger partial charge in [-0.15, -0.1) is 11.3 Å². The second kappa shape index (κ2) is 8.71. The van der Waals surface area contributed by atoms with E-state index in [1.54, 1.807) is 24.1 Å². The first-order chi connectivity index (χ1) is 16.0. The number of nitrogen functional groups attached to an aromatic ring is 1. The van der Waals surface area contributed by atoms with Crippen LogP contribution in [0.15, 0.2) is 60.7 Å². The van der Waals surface area contributed by atoms with Crippen molar-refractivity contribution >= 4 is 38.8 Å². The average Bonchev–Trinajstić information content (AvgIpc) is 3.19. The molecule has 1 aliphatic heterocycles. The smallest absolute Gasteiger partial charge is 0.266 e. The van der Waals surface area contributed by atoms with Crippen molar-refractivity contribution < 1.29 is 13.9 Å². The average molecular weight is 463 g/mol. The van der Waals surface area contributed by atoms with Crippen molar-refractivity contribution in [3.8, 4) is 17.0 Å². The lowest BCUT2D eigenvalue weighted by molar-refractivity contribution is 0.0752. The fourth-order valence-electron chi connectivity index (χ4n) is 4.08. The number of hydrogen-bond acceptors (Lipinski definition) is 6. The molecule has 2 aromatic carbocycles. The number of aromatic nitrogens is 1. The number of anilines is 2. The molecule has 6 nitrogen and oxygen atoms in total. The summed E-state index contributed by atoms with van der Waals surface area (Å²) in [6.07, 6.45) is 0. The third-order valence-electron chi connectivity index (χ3n) is 5.93. The molecule has 0 spiro atoms. The number of halogens is 1. The van der Waals surface area contributed by atoms with Gasteiger partial charge >= 0.3 is 0 Å². The van der Waals surface area contributed by atoms with Crippen LogP contribution in [-0.2, 0) is 0 Å². The summed E-state index contributed by atoms with van der Waals surface area (Å²) in [5.74, 6) is 0.433. The van der Waals surface area contributed by atoms with E-state index in [4.69, 9.17) is 15.5 Å². The highest BCUT2D eigenvalue weighted by molar-refractivity contribution is 7.21. The van der Waals surface area contributed by atoms with Crippen LogP contribution in [0.4, 0.5) is 15.8 Å². The van der Waals surface area contributed by atoms with E-state index < -0.39 is 0 Å². The van der Waals surface area contributed by atoms with Crippen molar-refractivity contribution in [2.75, 3.05) is 43.9 Å². The summed E-state index contributed by atoms with van der Waals surface area (Å²) < 4.78 is 19.3. The van der Waals surface area contributed by atoms with E-state index in [0.717, 1.165) is 27.2 Å². The standard InChI is InChI=1S/C25H23FN4O2S/c1-32-17-8-6-16(7-9-17)20-11-10-18-22(27)23(33-24(18)28-20)25(31)30-14-12-29(13-15-30)21-5-3-2-4-19(21)26/h2-11H,12-15,27H2,1H3. The van der Waals surface area contributed by atoms with Crippen LogP contribution in [0.1, 0.15) is 9.67 Å². The lowest BCUT2D eigenvalue weighted by Crippen LogP contribution is -2.49. The summed E-state index contributed by atoms with van der Waals surface area (Å²) in [6.45, 7) is 2.14. The molecule has 33 heavy (non-hydrogen) atoms. The summed E-state index contributed by atoms with van der Waals surface area (Å²) in [5, 5.41) is 0.783. The van der Waals surface area contributed by atoms with Crippen LogP contribution in [0, 0.1) is 5.82 Å². The molecule has 0 radical (unpaired) electrons. The number of rotatable bonds is 4. The Bertz CT molecular complexity index is 1310. The van der Waals surface area contributed by atoms with E-state index in [1.807, 2.05) is 47.4 Å². The zero-order chi connectivity index (χ0) is 22.9. The summed E-state index contributed by atoms with van der Waals surface area (Å²) in [4.78, 5) is 23.0. The molecule has 1 amide bonds. The summed E-state index contributed by atoms with van der Waals surface area (Å²) in [6, 6.07) is 18.2. The molecule has 1 fully saturated rings. The van der Waals surface area contributed by atoms with Crippen molar-refractivity contribution in [1.82, 2.24) is 9.88 Å². The number of benzene rings is 2. The number of piperazine rings is 1. The molecule has 0 bridgehead atoms. The Morgan fingerprint density at radius 2 is 1.76 bits per heavy atom. The number of methoxy groups -OCH3 is 1.